The number of nitrogens with zero attached hydrogens (tertiary/aromatic N) is 3. The van der Waals surface area contributed by atoms with Crippen molar-refractivity contribution >= 4 is 27.7 Å². The third-order valence-electron chi connectivity index (χ3n) is 3.37. The van der Waals surface area contributed by atoms with Crippen LogP contribution in [0.15, 0.2) is 70.8 Å². The summed E-state index contributed by atoms with van der Waals surface area (Å²) in [5.74, 6) is 1.06. The number of halogens is 2. The second-order valence-corrected chi connectivity index (χ2v) is 6.93. The summed E-state index contributed by atoms with van der Waals surface area (Å²) in [6.07, 6.45) is 1.78. The van der Waals surface area contributed by atoms with Crippen LogP contribution in [0.4, 0.5) is 4.39 Å². The van der Waals surface area contributed by atoms with Crippen LogP contribution in [0.5, 0.6) is 0 Å². The van der Waals surface area contributed by atoms with E-state index in [0.717, 1.165) is 15.9 Å². The number of hydrogen-bond acceptors (Lipinski definition) is 3. The van der Waals surface area contributed by atoms with Gasteiger partial charge in [-0.3, -0.25) is 0 Å². The quantitative estimate of drug-likeness (QED) is 0.411. The van der Waals surface area contributed by atoms with Gasteiger partial charge in [0.25, 0.3) is 0 Å². The van der Waals surface area contributed by atoms with Gasteiger partial charge in [-0.05, 0) is 23.8 Å². The van der Waals surface area contributed by atoms with E-state index in [0.29, 0.717) is 23.0 Å². The first-order valence-electron chi connectivity index (χ1n) is 7.35. The van der Waals surface area contributed by atoms with E-state index < -0.39 is 0 Å². The van der Waals surface area contributed by atoms with E-state index in [2.05, 4.69) is 32.6 Å². The number of allylic oxidation sites excluding steroid dienone is 1. The molecule has 0 bridgehead atoms. The minimum atomic E-state index is -0.205. The normalized spacial score (nSPS) is 10.8. The minimum Gasteiger partial charge on any atom is -0.241 e. The molecule has 0 aliphatic rings. The number of benzene rings is 2. The standard InChI is InChI=1S/C18H15BrFN3S/c1-2-11-23-17(13-7-9-15(19)10-8-13)21-18(22-23)24-12-14-5-3-4-6-16(14)20/h2-10H,1,11-12H2. The van der Waals surface area contributed by atoms with Crippen molar-refractivity contribution in [2.75, 3.05) is 0 Å². The molecule has 0 fully saturated rings. The van der Waals surface area contributed by atoms with E-state index in [1.807, 2.05) is 30.3 Å². The molecule has 1 aromatic heterocycles. The predicted molar refractivity (Wildman–Crippen MR) is 99.3 cm³/mol. The van der Waals surface area contributed by atoms with Gasteiger partial charge in [-0.1, -0.05) is 64.1 Å². The highest BCUT2D eigenvalue weighted by Crippen LogP contribution is 2.26. The summed E-state index contributed by atoms with van der Waals surface area (Å²) in [4.78, 5) is 4.60. The molecule has 0 amide bonds. The Morgan fingerprint density at radius 3 is 2.62 bits per heavy atom. The zero-order valence-corrected chi connectivity index (χ0v) is 15.2. The number of hydrogen-bond donors (Lipinski definition) is 0. The molecule has 3 rings (SSSR count). The Kier molecular flexibility index (Phi) is 5.48. The van der Waals surface area contributed by atoms with E-state index in [1.165, 1.54) is 17.8 Å². The van der Waals surface area contributed by atoms with Crippen molar-refractivity contribution in [3.8, 4) is 11.4 Å². The molecule has 0 atom stereocenters. The topological polar surface area (TPSA) is 30.7 Å². The molecule has 122 valence electrons. The Labute approximate surface area is 152 Å². The van der Waals surface area contributed by atoms with Crippen LogP contribution < -0.4 is 0 Å². The van der Waals surface area contributed by atoms with Crippen LogP contribution in [-0.2, 0) is 12.3 Å². The van der Waals surface area contributed by atoms with Crippen LogP contribution in [-0.4, -0.2) is 14.8 Å². The summed E-state index contributed by atoms with van der Waals surface area (Å²) < 4.78 is 16.5. The summed E-state index contributed by atoms with van der Waals surface area (Å²) >= 11 is 4.85. The Balaban J connectivity index is 1.84. The molecule has 1 heterocycles. The van der Waals surface area contributed by atoms with E-state index in [1.54, 1.807) is 22.9 Å². The average Bonchev–Trinajstić information content (AvgIpc) is 2.98. The maximum absolute atomic E-state index is 13.7. The van der Waals surface area contributed by atoms with E-state index in [4.69, 9.17) is 0 Å². The van der Waals surface area contributed by atoms with Crippen LogP contribution in [0.1, 0.15) is 5.56 Å². The van der Waals surface area contributed by atoms with Crippen molar-refractivity contribution in [2.45, 2.75) is 17.5 Å². The lowest BCUT2D eigenvalue weighted by Gasteiger charge is -2.02. The highest BCUT2D eigenvalue weighted by atomic mass is 79.9. The van der Waals surface area contributed by atoms with E-state index in [-0.39, 0.29) is 5.82 Å². The average molecular weight is 404 g/mol. The molecule has 3 nitrogen and oxygen atoms in total. The van der Waals surface area contributed by atoms with Crippen molar-refractivity contribution in [2.24, 2.45) is 0 Å². The number of aromatic nitrogens is 3. The Morgan fingerprint density at radius 2 is 1.92 bits per heavy atom. The van der Waals surface area contributed by atoms with Gasteiger partial charge >= 0.3 is 0 Å². The molecular formula is C18H15BrFN3S. The smallest absolute Gasteiger partial charge is 0.209 e. The highest BCUT2D eigenvalue weighted by molar-refractivity contribution is 9.10. The Morgan fingerprint density at radius 1 is 1.17 bits per heavy atom. The van der Waals surface area contributed by atoms with Crippen LogP contribution >= 0.6 is 27.7 Å². The zero-order chi connectivity index (χ0) is 16.9. The molecule has 24 heavy (non-hydrogen) atoms. The summed E-state index contributed by atoms with van der Waals surface area (Å²) in [6, 6.07) is 14.7. The van der Waals surface area contributed by atoms with Crippen molar-refractivity contribution < 1.29 is 4.39 Å². The largest absolute Gasteiger partial charge is 0.241 e. The van der Waals surface area contributed by atoms with Gasteiger partial charge in [-0.25, -0.2) is 14.1 Å². The second-order valence-electron chi connectivity index (χ2n) is 5.08. The first-order chi connectivity index (χ1) is 11.7. The third kappa shape index (κ3) is 3.94. The van der Waals surface area contributed by atoms with Crippen LogP contribution in [0, 0.1) is 5.82 Å². The maximum Gasteiger partial charge on any atom is 0.209 e. The fourth-order valence-corrected chi connectivity index (χ4v) is 3.29. The van der Waals surface area contributed by atoms with Crippen molar-refractivity contribution in [1.29, 1.82) is 0 Å². The molecular weight excluding hydrogens is 389 g/mol. The Bertz CT molecular complexity index is 846. The highest BCUT2D eigenvalue weighted by Gasteiger charge is 2.12. The van der Waals surface area contributed by atoms with E-state index in [9.17, 15) is 4.39 Å². The second kappa shape index (κ2) is 7.77. The fourth-order valence-electron chi connectivity index (χ4n) is 2.20. The molecule has 0 saturated carbocycles. The zero-order valence-electron chi connectivity index (χ0n) is 12.8. The van der Waals surface area contributed by atoms with Gasteiger partial charge in [0.2, 0.25) is 5.16 Å². The number of thioether (sulfide) groups is 1. The molecule has 0 aliphatic heterocycles. The van der Waals surface area contributed by atoms with Crippen molar-refractivity contribution in [3.63, 3.8) is 0 Å². The fraction of sp³-hybridized carbons (Fsp3) is 0.111. The van der Waals surface area contributed by atoms with Gasteiger partial charge in [0.15, 0.2) is 5.82 Å². The monoisotopic (exact) mass is 403 g/mol. The first-order valence-corrected chi connectivity index (χ1v) is 9.13. The molecule has 3 aromatic rings. The molecule has 2 aromatic carbocycles. The van der Waals surface area contributed by atoms with E-state index >= 15 is 0 Å². The molecule has 0 radical (unpaired) electrons. The van der Waals surface area contributed by atoms with Crippen LogP contribution in [0.3, 0.4) is 0 Å². The maximum atomic E-state index is 13.7. The molecule has 0 unspecified atom stereocenters. The summed E-state index contributed by atoms with van der Waals surface area (Å²) in [5.41, 5.74) is 1.62. The van der Waals surface area contributed by atoms with Gasteiger partial charge in [0.1, 0.15) is 5.82 Å². The lowest BCUT2D eigenvalue weighted by Crippen LogP contribution is -2.00. The summed E-state index contributed by atoms with van der Waals surface area (Å²) in [6.45, 7) is 4.33. The van der Waals surface area contributed by atoms with Crippen LogP contribution in [0.25, 0.3) is 11.4 Å². The SMILES string of the molecule is C=CCn1nc(SCc2ccccc2F)nc1-c1ccc(Br)cc1. The lowest BCUT2D eigenvalue weighted by atomic mass is 10.2. The molecule has 0 spiro atoms. The van der Waals surface area contributed by atoms with Gasteiger partial charge in [0, 0.05) is 15.8 Å². The first kappa shape index (κ1) is 16.9. The van der Waals surface area contributed by atoms with Crippen molar-refractivity contribution in [3.05, 3.63) is 77.0 Å². The van der Waals surface area contributed by atoms with Crippen LogP contribution in [0.2, 0.25) is 0 Å². The lowest BCUT2D eigenvalue weighted by molar-refractivity contribution is 0.617. The number of rotatable bonds is 6. The molecule has 0 saturated heterocycles. The third-order valence-corrected chi connectivity index (χ3v) is 4.79. The molecule has 0 aliphatic carbocycles. The summed E-state index contributed by atoms with van der Waals surface area (Å²) in [5, 5.41) is 5.13. The minimum absolute atomic E-state index is 0.205. The van der Waals surface area contributed by atoms with Gasteiger partial charge < -0.3 is 0 Å². The predicted octanol–water partition coefficient (Wildman–Crippen LogP) is 5.33. The summed E-state index contributed by atoms with van der Waals surface area (Å²) in [7, 11) is 0. The molecule has 6 heteroatoms. The Hall–Kier alpha value is -1.92. The van der Waals surface area contributed by atoms with Gasteiger partial charge in [0.05, 0.1) is 6.54 Å². The molecule has 0 N–H and O–H groups in total. The van der Waals surface area contributed by atoms with Gasteiger partial charge in [-0.2, -0.15) is 0 Å². The van der Waals surface area contributed by atoms with Gasteiger partial charge in [-0.15, -0.1) is 11.7 Å². The van der Waals surface area contributed by atoms with Crippen molar-refractivity contribution in [1.82, 2.24) is 14.8 Å².